The minimum atomic E-state index is -0.295. The molecule has 0 atom stereocenters. The van der Waals surface area contributed by atoms with Crippen molar-refractivity contribution in [3.8, 4) is 0 Å². The van der Waals surface area contributed by atoms with Crippen LogP contribution in [0.25, 0.3) is 0 Å². The first kappa shape index (κ1) is 29.4. The number of nitrogens with zero attached hydrogens (tertiary/aromatic N) is 4. The van der Waals surface area contributed by atoms with Crippen molar-refractivity contribution in [1.29, 1.82) is 0 Å². The van der Waals surface area contributed by atoms with Gasteiger partial charge in [0.1, 0.15) is 0 Å². The van der Waals surface area contributed by atoms with Gasteiger partial charge < -0.3 is 19.3 Å². The van der Waals surface area contributed by atoms with Crippen LogP contribution in [0.4, 0.5) is 11.4 Å². The van der Waals surface area contributed by atoms with E-state index in [9.17, 15) is 9.59 Å². The van der Waals surface area contributed by atoms with Gasteiger partial charge in [-0.25, -0.2) is 9.59 Å². The molecule has 0 saturated heterocycles. The van der Waals surface area contributed by atoms with E-state index in [-0.39, 0.29) is 11.9 Å². The Labute approximate surface area is 247 Å². The number of carbonyl (C=O) groups excluding carboxylic acids is 2. The fourth-order valence-electron chi connectivity index (χ4n) is 5.10. The highest BCUT2D eigenvalue weighted by molar-refractivity contribution is 6.10. The summed E-state index contributed by atoms with van der Waals surface area (Å²) in [7, 11) is 8.00. The van der Waals surface area contributed by atoms with Crippen LogP contribution < -0.4 is 0 Å². The van der Waals surface area contributed by atoms with Crippen LogP contribution in [-0.2, 0) is 22.3 Å². The first-order chi connectivity index (χ1) is 20.3. The number of fused-ring (bicyclic) bond motifs is 2. The lowest BCUT2D eigenvalue weighted by atomic mass is 9.99. The molecule has 5 rings (SSSR count). The van der Waals surface area contributed by atoms with Gasteiger partial charge in [0, 0.05) is 25.9 Å². The molecule has 2 aliphatic heterocycles. The molecule has 3 aromatic carbocycles. The SMILES string of the molecule is CN(C)CCCOC(=O)c1ccc2c(c1)CC(c1ccc(C3=Nc4ccc(C(=O)OCCCN(C)C)cc4C3)cc1)=N2. The summed E-state index contributed by atoms with van der Waals surface area (Å²) in [5, 5.41) is 0. The fraction of sp³-hybridized carbons (Fsp3) is 0.353. The third-order valence-electron chi connectivity index (χ3n) is 7.37. The lowest BCUT2D eigenvalue weighted by Gasteiger charge is -2.10. The largest absolute Gasteiger partial charge is 0.462 e. The molecule has 0 aromatic heterocycles. The van der Waals surface area contributed by atoms with E-state index in [1.54, 1.807) is 12.1 Å². The van der Waals surface area contributed by atoms with E-state index in [0.717, 1.165) is 71.0 Å². The maximum absolute atomic E-state index is 12.5. The van der Waals surface area contributed by atoms with E-state index in [4.69, 9.17) is 19.5 Å². The Morgan fingerprint density at radius 3 is 1.43 bits per heavy atom. The predicted molar refractivity (Wildman–Crippen MR) is 166 cm³/mol. The maximum atomic E-state index is 12.5. The molecule has 42 heavy (non-hydrogen) atoms. The van der Waals surface area contributed by atoms with Gasteiger partial charge in [0.15, 0.2) is 0 Å². The molecule has 0 bridgehead atoms. The Bertz CT molecular complexity index is 1410. The molecule has 8 heteroatoms. The van der Waals surface area contributed by atoms with Crippen molar-refractivity contribution in [2.24, 2.45) is 9.98 Å². The number of hydrogen-bond acceptors (Lipinski definition) is 8. The molecule has 8 nitrogen and oxygen atoms in total. The fourth-order valence-corrected chi connectivity index (χ4v) is 5.10. The Hall–Kier alpha value is -4.14. The first-order valence-electron chi connectivity index (χ1n) is 14.4. The van der Waals surface area contributed by atoms with Crippen LogP contribution in [-0.4, -0.2) is 87.7 Å². The first-order valence-corrected chi connectivity index (χ1v) is 14.4. The number of benzene rings is 3. The van der Waals surface area contributed by atoms with Gasteiger partial charge in [-0.05, 0) is 99.7 Å². The molecule has 3 aromatic rings. The summed E-state index contributed by atoms with van der Waals surface area (Å²) in [6.07, 6.45) is 2.94. The van der Waals surface area contributed by atoms with E-state index < -0.39 is 0 Å². The molecule has 0 N–H and O–H groups in total. The Morgan fingerprint density at radius 1 is 0.643 bits per heavy atom. The van der Waals surface area contributed by atoms with E-state index in [1.807, 2.05) is 52.5 Å². The van der Waals surface area contributed by atoms with Crippen LogP contribution in [0.1, 0.15) is 55.8 Å². The molecule has 2 aliphatic rings. The Balaban J connectivity index is 1.17. The van der Waals surface area contributed by atoms with Gasteiger partial charge in [-0.1, -0.05) is 24.3 Å². The predicted octanol–water partition coefficient (Wildman–Crippen LogP) is 5.26. The number of rotatable bonds is 12. The Kier molecular flexibility index (Phi) is 9.25. The summed E-state index contributed by atoms with van der Waals surface area (Å²) in [6.45, 7) is 2.57. The molecule has 0 saturated carbocycles. The topological polar surface area (TPSA) is 83.8 Å². The molecule has 0 spiro atoms. The molecule has 0 radical (unpaired) electrons. The van der Waals surface area contributed by atoms with Gasteiger partial charge in [-0.2, -0.15) is 0 Å². The molecular formula is C34H38N4O4. The third-order valence-corrected chi connectivity index (χ3v) is 7.37. The van der Waals surface area contributed by atoms with Crippen molar-refractivity contribution >= 4 is 34.7 Å². The molecule has 0 fully saturated rings. The quantitative estimate of drug-likeness (QED) is 0.220. The number of carbonyl (C=O) groups is 2. The zero-order valence-corrected chi connectivity index (χ0v) is 24.9. The van der Waals surface area contributed by atoms with Crippen LogP contribution in [0.3, 0.4) is 0 Å². The second-order valence-corrected chi connectivity index (χ2v) is 11.3. The summed E-state index contributed by atoms with van der Waals surface area (Å²) in [5.41, 5.74) is 8.98. The van der Waals surface area contributed by atoms with Crippen LogP contribution in [0, 0.1) is 0 Å². The smallest absolute Gasteiger partial charge is 0.338 e. The zero-order chi connectivity index (χ0) is 29.6. The van der Waals surface area contributed by atoms with Crippen molar-refractivity contribution in [2.75, 3.05) is 54.5 Å². The second-order valence-electron chi connectivity index (χ2n) is 11.3. The van der Waals surface area contributed by atoms with Crippen LogP contribution in [0.2, 0.25) is 0 Å². The minimum absolute atomic E-state index is 0.295. The maximum Gasteiger partial charge on any atom is 0.338 e. The van der Waals surface area contributed by atoms with E-state index in [1.165, 1.54) is 0 Å². The van der Waals surface area contributed by atoms with Gasteiger partial charge in [-0.3, -0.25) is 9.98 Å². The molecular weight excluding hydrogens is 528 g/mol. The number of hydrogen-bond donors (Lipinski definition) is 0. The normalized spacial score (nSPS) is 13.6. The standard InChI is InChI=1S/C34H38N4O4/c1-37(2)15-5-17-41-33(39)25-11-13-29-27(19-25)21-31(35-29)23-7-9-24(10-8-23)32-22-28-20-26(12-14-30(28)36-32)34(40)42-18-6-16-38(3)4/h7-14,19-20H,5-6,15-18,21-22H2,1-4H3. The van der Waals surface area contributed by atoms with E-state index in [2.05, 4.69) is 34.1 Å². The molecule has 218 valence electrons. The number of aliphatic imine (C=N–C) groups is 2. The van der Waals surface area contributed by atoms with Gasteiger partial charge in [-0.15, -0.1) is 0 Å². The summed E-state index contributed by atoms with van der Waals surface area (Å²) in [4.78, 5) is 38.8. The van der Waals surface area contributed by atoms with Gasteiger partial charge in [0.2, 0.25) is 0 Å². The number of esters is 2. The summed E-state index contributed by atoms with van der Waals surface area (Å²) >= 11 is 0. The van der Waals surface area contributed by atoms with Crippen molar-refractivity contribution in [1.82, 2.24) is 9.80 Å². The van der Waals surface area contributed by atoms with Crippen molar-refractivity contribution in [2.45, 2.75) is 25.7 Å². The number of ether oxygens (including phenoxy) is 2. The van der Waals surface area contributed by atoms with Gasteiger partial charge >= 0.3 is 11.9 Å². The average Bonchev–Trinajstić information content (AvgIpc) is 3.61. The highest BCUT2D eigenvalue weighted by Gasteiger charge is 2.21. The highest BCUT2D eigenvalue weighted by Crippen LogP contribution is 2.32. The van der Waals surface area contributed by atoms with Crippen molar-refractivity contribution in [3.05, 3.63) is 94.0 Å². The monoisotopic (exact) mass is 566 g/mol. The molecule has 0 amide bonds. The molecule has 0 unspecified atom stereocenters. The zero-order valence-electron chi connectivity index (χ0n) is 24.9. The summed E-state index contributed by atoms with van der Waals surface area (Å²) < 4.78 is 10.9. The van der Waals surface area contributed by atoms with Crippen LogP contribution in [0.15, 0.2) is 70.6 Å². The van der Waals surface area contributed by atoms with Gasteiger partial charge in [0.05, 0.1) is 47.1 Å². The van der Waals surface area contributed by atoms with Crippen molar-refractivity contribution in [3.63, 3.8) is 0 Å². The van der Waals surface area contributed by atoms with Crippen molar-refractivity contribution < 1.29 is 19.1 Å². The van der Waals surface area contributed by atoms with Crippen LogP contribution in [0.5, 0.6) is 0 Å². The Morgan fingerprint density at radius 2 is 1.05 bits per heavy atom. The van der Waals surface area contributed by atoms with E-state index in [0.29, 0.717) is 37.2 Å². The average molecular weight is 567 g/mol. The molecule has 0 aliphatic carbocycles. The molecule has 2 heterocycles. The van der Waals surface area contributed by atoms with Crippen LogP contribution >= 0.6 is 0 Å². The third kappa shape index (κ3) is 7.19. The second kappa shape index (κ2) is 13.2. The summed E-state index contributed by atoms with van der Waals surface area (Å²) in [5.74, 6) is -0.589. The highest BCUT2D eigenvalue weighted by atomic mass is 16.5. The lowest BCUT2D eigenvalue weighted by molar-refractivity contribution is 0.0484. The lowest BCUT2D eigenvalue weighted by Crippen LogP contribution is -2.16. The van der Waals surface area contributed by atoms with E-state index >= 15 is 0 Å². The minimum Gasteiger partial charge on any atom is -0.462 e. The summed E-state index contributed by atoms with van der Waals surface area (Å²) in [6, 6.07) is 19.4. The van der Waals surface area contributed by atoms with Gasteiger partial charge in [0.25, 0.3) is 0 Å².